The summed E-state index contributed by atoms with van der Waals surface area (Å²) in [7, 11) is -4.23. The van der Waals surface area contributed by atoms with Crippen LogP contribution in [-0.4, -0.2) is 47.6 Å². The molecule has 0 aliphatic heterocycles. The molecular weight excluding hydrogens is 371 g/mol. The van der Waals surface area contributed by atoms with E-state index in [4.69, 9.17) is 0 Å². The molecular formula is C21H36NaO4S. The van der Waals surface area contributed by atoms with E-state index < -0.39 is 10.1 Å². The molecule has 6 heteroatoms. The zero-order chi connectivity index (χ0) is 19.3. The molecule has 0 saturated heterocycles. The van der Waals surface area contributed by atoms with Gasteiger partial charge in [-0.3, -0.25) is 4.55 Å². The third-order valence-electron chi connectivity index (χ3n) is 4.87. The van der Waals surface area contributed by atoms with Crippen LogP contribution < -0.4 is 0 Å². The topological polar surface area (TPSA) is 74.6 Å². The Labute approximate surface area is 188 Å². The quantitative estimate of drug-likeness (QED) is 0.216. The third kappa shape index (κ3) is 12.9. The molecule has 0 aliphatic rings. The normalized spacial score (nSPS) is 11.3. The van der Waals surface area contributed by atoms with E-state index in [1.165, 1.54) is 82.4 Å². The minimum atomic E-state index is -4.23. The second kappa shape index (κ2) is 15.8. The fraction of sp³-hybridized carbons (Fsp3) is 0.714. The number of aryl methyl sites for hydroxylation is 1. The molecule has 1 rings (SSSR count). The Morgan fingerprint density at radius 2 is 1.22 bits per heavy atom. The van der Waals surface area contributed by atoms with Gasteiger partial charge >= 0.3 is 0 Å². The van der Waals surface area contributed by atoms with E-state index in [9.17, 15) is 18.1 Å². The Morgan fingerprint density at radius 1 is 0.778 bits per heavy atom. The molecule has 1 aromatic carbocycles. The molecule has 0 heterocycles. The summed E-state index contributed by atoms with van der Waals surface area (Å²) in [6, 6.07) is 3.99. The predicted octanol–water partition coefficient (Wildman–Crippen LogP) is 5.89. The molecule has 27 heavy (non-hydrogen) atoms. The Kier molecular flexibility index (Phi) is 15.8. The number of phenols is 1. The molecule has 0 saturated carbocycles. The summed E-state index contributed by atoms with van der Waals surface area (Å²) < 4.78 is 32.0. The SMILES string of the molecule is CCCCCCCCCCCCCCCc1cc(O)ccc1S(=O)(=O)O.[Na]. The summed E-state index contributed by atoms with van der Waals surface area (Å²) in [6.45, 7) is 2.25. The molecule has 1 aromatic rings. The number of hydrogen-bond donors (Lipinski definition) is 2. The van der Waals surface area contributed by atoms with Crippen LogP contribution in [0.25, 0.3) is 0 Å². The molecule has 0 atom stereocenters. The second-order valence-electron chi connectivity index (χ2n) is 7.26. The van der Waals surface area contributed by atoms with Gasteiger partial charge in [0.15, 0.2) is 0 Å². The number of hydrogen-bond acceptors (Lipinski definition) is 3. The van der Waals surface area contributed by atoms with Gasteiger partial charge in [0.2, 0.25) is 0 Å². The molecule has 2 N–H and O–H groups in total. The van der Waals surface area contributed by atoms with Crippen molar-refractivity contribution in [1.82, 2.24) is 0 Å². The van der Waals surface area contributed by atoms with Gasteiger partial charge in [-0.25, -0.2) is 0 Å². The van der Waals surface area contributed by atoms with E-state index in [2.05, 4.69) is 6.92 Å². The molecule has 0 aliphatic carbocycles. The third-order valence-corrected chi connectivity index (χ3v) is 5.83. The fourth-order valence-electron chi connectivity index (χ4n) is 3.35. The van der Waals surface area contributed by atoms with Crippen molar-refractivity contribution in [1.29, 1.82) is 0 Å². The molecule has 0 amide bonds. The van der Waals surface area contributed by atoms with Crippen molar-refractivity contribution >= 4 is 39.7 Å². The van der Waals surface area contributed by atoms with Crippen LogP contribution in [-0.2, 0) is 16.5 Å². The summed E-state index contributed by atoms with van der Waals surface area (Å²) in [4.78, 5) is -0.0887. The Hall–Kier alpha value is -0.0700. The van der Waals surface area contributed by atoms with Crippen LogP contribution in [0.4, 0.5) is 0 Å². The molecule has 151 valence electrons. The summed E-state index contributed by atoms with van der Waals surface area (Å²) in [6.07, 6.45) is 16.9. The van der Waals surface area contributed by atoms with Crippen LogP contribution in [0.15, 0.2) is 23.1 Å². The monoisotopic (exact) mass is 407 g/mol. The first-order valence-corrected chi connectivity index (χ1v) is 11.7. The summed E-state index contributed by atoms with van der Waals surface area (Å²) >= 11 is 0. The van der Waals surface area contributed by atoms with Gasteiger partial charge in [0.25, 0.3) is 10.1 Å². The first-order chi connectivity index (χ1) is 12.4. The van der Waals surface area contributed by atoms with Gasteiger partial charge in [0.1, 0.15) is 5.75 Å². The molecule has 0 fully saturated rings. The van der Waals surface area contributed by atoms with Crippen molar-refractivity contribution in [2.75, 3.05) is 0 Å². The van der Waals surface area contributed by atoms with Crippen molar-refractivity contribution < 1.29 is 18.1 Å². The Bertz CT molecular complexity index is 602. The fourth-order valence-corrected chi connectivity index (χ4v) is 4.08. The number of rotatable bonds is 15. The van der Waals surface area contributed by atoms with Gasteiger partial charge in [-0.05, 0) is 36.6 Å². The maximum atomic E-state index is 11.4. The van der Waals surface area contributed by atoms with Crippen molar-refractivity contribution in [2.24, 2.45) is 0 Å². The second-order valence-corrected chi connectivity index (χ2v) is 8.65. The zero-order valence-electron chi connectivity index (χ0n) is 17.3. The van der Waals surface area contributed by atoms with Crippen molar-refractivity contribution in [3.63, 3.8) is 0 Å². The van der Waals surface area contributed by atoms with Crippen LogP contribution in [0.1, 0.15) is 96.0 Å². The Balaban J connectivity index is 0.00000676. The van der Waals surface area contributed by atoms with Gasteiger partial charge in [-0.2, -0.15) is 8.42 Å². The van der Waals surface area contributed by atoms with E-state index in [1.807, 2.05) is 0 Å². The van der Waals surface area contributed by atoms with E-state index in [0.29, 0.717) is 12.0 Å². The zero-order valence-corrected chi connectivity index (χ0v) is 20.1. The van der Waals surface area contributed by atoms with Crippen LogP contribution in [0, 0.1) is 0 Å². The van der Waals surface area contributed by atoms with Crippen LogP contribution in [0.3, 0.4) is 0 Å². The molecule has 0 bridgehead atoms. The maximum absolute atomic E-state index is 11.4. The molecule has 0 aromatic heterocycles. The first-order valence-electron chi connectivity index (χ1n) is 10.2. The molecule has 4 nitrogen and oxygen atoms in total. The number of phenolic OH excluding ortho intramolecular Hbond substituents is 1. The molecule has 0 unspecified atom stereocenters. The average Bonchev–Trinajstić information content (AvgIpc) is 2.58. The van der Waals surface area contributed by atoms with Crippen LogP contribution in [0.2, 0.25) is 0 Å². The van der Waals surface area contributed by atoms with Crippen molar-refractivity contribution in [3.8, 4) is 5.75 Å². The number of aromatic hydroxyl groups is 1. The number of benzene rings is 1. The molecule has 1 radical (unpaired) electrons. The van der Waals surface area contributed by atoms with Gasteiger partial charge in [0.05, 0.1) is 4.90 Å². The smallest absolute Gasteiger partial charge is 0.294 e. The van der Waals surface area contributed by atoms with Gasteiger partial charge in [0, 0.05) is 29.6 Å². The minimum Gasteiger partial charge on any atom is -0.508 e. The van der Waals surface area contributed by atoms with E-state index in [-0.39, 0.29) is 40.2 Å². The van der Waals surface area contributed by atoms with Crippen molar-refractivity contribution in [2.45, 2.75) is 102 Å². The van der Waals surface area contributed by atoms with Crippen LogP contribution >= 0.6 is 0 Å². The van der Waals surface area contributed by atoms with Gasteiger partial charge in [-0.1, -0.05) is 84.0 Å². The van der Waals surface area contributed by atoms with Crippen molar-refractivity contribution in [3.05, 3.63) is 23.8 Å². The maximum Gasteiger partial charge on any atom is 0.294 e. The summed E-state index contributed by atoms with van der Waals surface area (Å²) in [5.74, 6) is 0.0297. The van der Waals surface area contributed by atoms with Gasteiger partial charge in [-0.15, -0.1) is 0 Å². The number of unbranched alkanes of at least 4 members (excludes halogenated alkanes) is 12. The van der Waals surface area contributed by atoms with E-state index in [1.54, 1.807) is 0 Å². The van der Waals surface area contributed by atoms with Gasteiger partial charge < -0.3 is 5.11 Å². The first kappa shape index (κ1) is 26.9. The largest absolute Gasteiger partial charge is 0.508 e. The average molecular weight is 408 g/mol. The summed E-state index contributed by atoms with van der Waals surface area (Å²) in [5, 5.41) is 9.53. The summed E-state index contributed by atoms with van der Waals surface area (Å²) in [5.41, 5.74) is 0.496. The van der Waals surface area contributed by atoms with Crippen LogP contribution in [0.5, 0.6) is 5.75 Å². The predicted molar refractivity (Wildman–Crippen MR) is 113 cm³/mol. The van der Waals surface area contributed by atoms with E-state index in [0.717, 1.165) is 19.3 Å². The Morgan fingerprint density at radius 3 is 1.67 bits per heavy atom. The van der Waals surface area contributed by atoms with E-state index >= 15 is 0 Å². The minimum absolute atomic E-state index is 0. The molecule has 0 spiro atoms. The standard InChI is InChI=1S/C21H36O4S.Na/c1-2-3-4-5-6-7-8-9-10-11-12-13-14-15-19-18-20(22)16-17-21(19)26(23,24)25;/h16-18,22H,2-15H2,1H3,(H,23,24,25);.